The molecule has 0 unspecified atom stereocenters. The zero-order chi connectivity index (χ0) is 21.7. The molecule has 0 atom stereocenters. The lowest BCUT2D eigenvalue weighted by Gasteiger charge is -2.05. The fourth-order valence-electron chi connectivity index (χ4n) is 2.74. The molecular weight excluding hydrogens is 392 g/mol. The molecule has 9 nitrogen and oxygen atoms in total. The molecular formula is C21H18N2O7. The average Bonchev–Trinajstić information content (AvgIpc) is 3.07. The van der Waals surface area contributed by atoms with E-state index in [4.69, 9.17) is 14.2 Å². The van der Waals surface area contributed by atoms with E-state index in [1.54, 1.807) is 44.2 Å². The van der Waals surface area contributed by atoms with Crippen molar-refractivity contribution in [2.75, 3.05) is 13.2 Å². The van der Waals surface area contributed by atoms with Gasteiger partial charge in [0.15, 0.2) is 12.3 Å². The highest BCUT2D eigenvalue weighted by atomic mass is 16.6. The molecule has 0 saturated carbocycles. The van der Waals surface area contributed by atoms with E-state index in [1.807, 2.05) is 0 Å². The molecule has 0 aromatic heterocycles. The van der Waals surface area contributed by atoms with Gasteiger partial charge in [0.25, 0.3) is 5.69 Å². The van der Waals surface area contributed by atoms with Crippen LogP contribution in [0.1, 0.15) is 23.6 Å². The minimum atomic E-state index is -0.654. The van der Waals surface area contributed by atoms with Gasteiger partial charge in [-0.05, 0) is 43.7 Å². The van der Waals surface area contributed by atoms with Crippen LogP contribution in [0.3, 0.4) is 0 Å². The molecule has 154 valence electrons. The van der Waals surface area contributed by atoms with Crippen molar-refractivity contribution in [2.24, 2.45) is 4.99 Å². The summed E-state index contributed by atoms with van der Waals surface area (Å²) in [7, 11) is 0. The first-order valence-corrected chi connectivity index (χ1v) is 9.04. The zero-order valence-corrected chi connectivity index (χ0v) is 16.3. The number of hydrogen-bond acceptors (Lipinski definition) is 8. The summed E-state index contributed by atoms with van der Waals surface area (Å²) in [6.45, 7) is 3.36. The molecule has 0 spiro atoms. The molecule has 30 heavy (non-hydrogen) atoms. The highest BCUT2D eigenvalue weighted by Crippen LogP contribution is 2.26. The number of carbonyl (C=O) groups excluding carboxylic acids is 2. The predicted molar refractivity (Wildman–Crippen MR) is 107 cm³/mol. The quantitative estimate of drug-likeness (QED) is 0.298. The minimum absolute atomic E-state index is 0.0156. The summed E-state index contributed by atoms with van der Waals surface area (Å²) >= 11 is 0. The van der Waals surface area contributed by atoms with E-state index in [0.717, 1.165) is 0 Å². The highest BCUT2D eigenvalue weighted by Gasteiger charge is 2.27. The second kappa shape index (κ2) is 8.99. The molecule has 1 aliphatic rings. The first-order chi connectivity index (χ1) is 14.4. The van der Waals surface area contributed by atoms with Gasteiger partial charge in [-0.3, -0.25) is 10.1 Å². The molecule has 3 rings (SSSR count). The lowest BCUT2D eigenvalue weighted by molar-refractivity contribution is -0.385. The van der Waals surface area contributed by atoms with Crippen molar-refractivity contribution in [3.05, 3.63) is 75.0 Å². The number of esters is 2. The molecule has 0 fully saturated rings. The van der Waals surface area contributed by atoms with Gasteiger partial charge in [-0.25, -0.2) is 14.6 Å². The van der Waals surface area contributed by atoms with Crippen LogP contribution in [0.5, 0.6) is 5.75 Å². The van der Waals surface area contributed by atoms with Crippen LogP contribution >= 0.6 is 0 Å². The summed E-state index contributed by atoms with van der Waals surface area (Å²) in [6, 6.07) is 11.1. The number of nitro benzene ring substituents is 1. The van der Waals surface area contributed by atoms with Gasteiger partial charge >= 0.3 is 11.9 Å². The first kappa shape index (κ1) is 20.7. The van der Waals surface area contributed by atoms with Gasteiger partial charge in [0.1, 0.15) is 5.75 Å². The third-order valence-electron chi connectivity index (χ3n) is 4.20. The summed E-state index contributed by atoms with van der Waals surface area (Å²) in [5.74, 6) is -0.633. The van der Waals surface area contributed by atoms with Crippen molar-refractivity contribution in [3.63, 3.8) is 0 Å². The molecule has 2 aromatic rings. The van der Waals surface area contributed by atoms with Gasteiger partial charge in [-0.2, -0.15) is 0 Å². The Labute approximate surface area is 171 Å². The van der Waals surface area contributed by atoms with E-state index in [2.05, 4.69) is 4.99 Å². The van der Waals surface area contributed by atoms with Gasteiger partial charge in [0, 0.05) is 17.2 Å². The van der Waals surface area contributed by atoms with Crippen molar-refractivity contribution in [1.29, 1.82) is 0 Å². The molecule has 0 bridgehead atoms. The Bertz CT molecular complexity index is 1060. The van der Waals surface area contributed by atoms with E-state index in [9.17, 15) is 19.7 Å². The van der Waals surface area contributed by atoms with Crippen molar-refractivity contribution < 1.29 is 28.7 Å². The SMILES string of the molecule is CCOC(=O)COc1ccc(/C=C2\N=C(c3cccc([N+](=O)[O-])c3C)OC2=O)cc1. The van der Waals surface area contributed by atoms with Crippen LogP contribution in [0.25, 0.3) is 6.08 Å². The van der Waals surface area contributed by atoms with Gasteiger partial charge in [-0.15, -0.1) is 0 Å². The average molecular weight is 410 g/mol. The van der Waals surface area contributed by atoms with Crippen LogP contribution in [0, 0.1) is 17.0 Å². The molecule has 2 aromatic carbocycles. The number of aliphatic imine (C=N–C) groups is 1. The summed E-state index contributed by atoms with van der Waals surface area (Å²) in [5.41, 5.74) is 1.38. The summed E-state index contributed by atoms with van der Waals surface area (Å²) in [5, 5.41) is 11.1. The lowest BCUT2D eigenvalue weighted by atomic mass is 10.1. The Balaban J connectivity index is 1.77. The summed E-state index contributed by atoms with van der Waals surface area (Å²) in [4.78, 5) is 38.3. The number of cyclic esters (lactones) is 1. The molecule has 9 heteroatoms. The Hall–Kier alpha value is -4.01. The molecule has 0 aliphatic carbocycles. The lowest BCUT2D eigenvalue weighted by Crippen LogP contribution is -2.14. The van der Waals surface area contributed by atoms with Crippen LogP contribution < -0.4 is 4.74 Å². The van der Waals surface area contributed by atoms with Crippen LogP contribution in [0.15, 0.2) is 53.2 Å². The normalized spacial score (nSPS) is 14.3. The predicted octanol–water partition coefficient (Wildman–Crippen LogP) is 3.19. The van der Waals surface area contributed by atoms with Gasteiger partial charge in [0.05, 0.1) is 11.5 Å². The maximum absolute atomic E-state index is 12.2. The van der Waals surface area contributed by atoms with Crippen LogP contribution in [0.4, 0.5) is 5.69 Å². The Morgan fingerprint density at radius 1 is 1.23 bits per heavy atom. The fraction of sp³-hybridized carbons (Fsp3) is 0.190. The maximum atomic E-state index is 12.2. The number of carbonyl (C=O) groups is 2. The number of nitro groups is 1. The number of rotatable bonds is 7. The molecule has 0 saturated heterocycles. The summed E-state index contributed by atoms with van der Waals surface area (Å²) in [6.07, 6.45) is 1.52. The van der Waals surface area contributed by atoms with Gasteiger partial charge < -0.3 is 14.2 Å². The standard InChI is InChI=1S/C21H18N2O7/c1-3-28-19(24)12-29-15-9-7-14(8-10-15)11-17-21(25)30-20(22-17)16-5-4-6-18(13(16)2)23(26)27/h4-11H,3,12H2,1-2H3/b17-11-. The number of hydrogen-bond donors (Lipinski definition) is 0. The molecule has 1 aliphatic heterocycles. The number of nitrogens with zero attached hydrogens (tertiary/aromatic N) is 2. The Morgan fingerprint density at radius 2 is 1.97 bits per heavy atom. The molecule has 0 amide bonds. The highest BCUT2D eigenvalue weighted by molar-refractivity contribution is 6.13. The van der Waals surface area contributed by atoms with E-state index >= 15 is 0 Å². The van der Waals surface area contributed by atoms with Crippen LogP contribution in [-0.4, -0.2) is 36.0 Å². The first-order valence-electron chi connectivity index (χ1n) is 9.04. The minimum Gasteiger partial charge on any atom is -0.482 e. The van der Waals surface area contributed by atoms with E-state index in [1.165, 1.54) is 18.2 Å². The number of benzene rings is 2. The van der Waals surface area contributed by atoms with Crippen molar-refractivity contribution in [1.82, 2.24) is 0 Å². The molecule has 0 N–H and O–H groups in total. The van der Waals surface area contributed by atoms with Crippen LogP contribution in [0.2, 0.25) is 0 Å². The topological polar surface area (TPSA) is 117 Å². The van der Waals surface area contributed by atoms with Crippen LogP contribution in [-0.2, 0) is 19.1 Å². The second-order valence-electron chi connectivity index (χ2n) is 6.21. The van der Waals surface area contributed by atoms with Crippen molar-refractivity contribution in [2.45, 2.75) is 13.8 Å². The largest absolute Gasteiger partial charge is 0.482 e. The van der Waals surface area contributed by atoms with Gasteiger partial charge in [-0.1, -0.05) is 18.2 Å². The second-order valence-corrected chi connectivity index (χ2v) is 6.21. The zero-order valence-electron chi connectivity index (χ0n) is 16.3. The fourth-order valence-corrected chi connectivity index (χ4v) is 2.74. The maximum Gasteiger partial charge on any atom is 0.363 e. The van der Waals surface area contributed by atoms with E-state index < -0.39 is 16.9 Å². The smallest absolute Gasteiger partial charge is 0.363 e. The van der Waals surface area contributed by atoms with E-state index in [-0.39, 0.29) is 30.5 Å². The summed E-state index contributed by atoms with van der Waals surface area (Å²) < 4.78 is 15.3. The third-order valence-corrected chi connectivity index (χ3v) is 4.20. The van der Waals surface area contributed by atoms with Gasteiger partial charge in [0.2, 0.25) is 5.90 Å². The Kier molecular flexibility index (Phi) is 6.21. The third kappa shape index (κ3) is 4.69. The van der Waals surface area contributed by atoms with Crippen molar-refractivity contribution >= 4 is 29.6 Å². The van der Waals surface area contributed by atoms with Crippen molar-refractivity contribution in [3.8, 4) is 5.75 Å². The van der Waals surface area contributed by atoms with E-state index in [0.29, 0.717) is 22.4 Å². The monoisotopic (exact) mass is 410 g/mol. The Morgan fingerprint density at radius 3 is 2.63 bits per heavy atom. The molecule has 0 radical (unpaired) electrons. The number of ether oxygens (including phenoxy) is 3. The molecule has 1 heterocycles.